The molecular weight excluding hydrogens is 300 g/mol. The fourth-order valence-electron chi connectivity index (χ4n) is 2.96. The zero-order valence-electron chi connectivity index (χ0n) is 15.0. The first-order valence-corrected chi connectivity index (χ1v) is 10.4. The summed E-state index contributed by atoms with van der Waals surface area (Å²) in [5, 5.41) is 0. The minimum absolute atomic E-state index is 0.208. The molecule has 0 unspecified atom stereocenters. The van der Waals surface area contributed by atoms with E-state index in [9.17, 15) is 13.0 Å². The van der Waals surface area contributed by atoms with Crippen LogP contribution in [0.1, 0.15) is 53.4 Å². The lowest BCUT2D eigenvalue weighted by Crippen LogP contribution is -2.47. The van der Waals surface area contributed by atoms with Crippen molar-refractivity contribution in [2.24, 2.45) is 0 Å². The van der Waals surface area contributed by atoms with Crippen LogP contribution in [0.15, 0.2) is 0 Å². The Morgan fingerprint density at radius 1 is 0.909 bits per heavy atom. The van der Waals surface area contributed by atoms with Crippen LogP contribution in [0.3, 0.4) is 0 Å². The lowest BCUT2D eigenvalue weighted by atomic mass is 10.3. The normalized spacial score (nSPS) is 16.4. The van der Waals surface area contributed by atoms with E-state index >= 15 is 0 Å². The maximum Gasteiger partial charge on any atom is 0.0945 e. The molecule has 0 radical (unpaired) electrons. The third-order valence-electron chi connectivity index (χ3n) is 5.00. The molecule has 0 saturated carbocycles. The summed E-state index contributed by atoms with van der Waals surface area (Å²) in [6.45, 7) is 17.4. The van der Waals surface area contributed by atoms with E-state index in [1.807, 2.05) is 0 Å². The summed E-state index contributed by atoms with van der Waals surface area (Å²) in [6.07, 6.45) is 3.82. The fraction of sp³-hybridized carbons (Fsp3) is 1.00. The van der Waals surface area contributed by atoms with Gasteiger partial charge in [-0.25, -0.2) is 8.42 Å². The van der Waals surface area contributed by atoms with Crippen molar-refractivity contribution in [2.75, 3.05) is 51.6 Å². The van der Waals surface area contributed by atoms with Gasteiger partial charge in [-0.2, -0.15) is 0 Å². The summed E-state index contributed by atoms with van der Waals surface area (Å²) < 4.78 is 32.1. The molecule has 1 saturated heterocycles. The molecule has 0 bridgehead atoms. The summed E-state index contributed by atoms with van der Waals surface area (Å²) in [5.74, 6) is -0.208. The van der Waals surface area contributed by atoms with Gasteiger partial charge < -0.3 is 13.9 Å². The average Bonchev–Trinajstić information content (AvgIpc) is 3.00. The van der Waals surface area contributed by atoms with Gasteiger partial charge in [-0.05, 0) is 73.0 Å². The first-order valence-electron chi connectivity index (χ1n) is 8.83. The Labute approximate surface area is 138 Å². The highest BCUT2D eigenvalue weighted by Gasteiger charge is 2.16. The van der Waals surface area contributed by atoms with Crippen LogP contribution in [0.4, 0.5) is 0 Å². The van der Waals surface area contributed by atoms with E-state index in [0.717, 1.165) is 26.1 Å². The molecule has 1 fully saturated rings. The smallest absolute Gasteiger partial charge is 0.0945 e. The quantitative estimate of drug-likeness (QED) is 0.368. The predicted octanol–water partition coefficient (Wildman–Crippen LogP) is 2.29. The van der Waals surface area contributed by atoms with Gasteiger partial charge in [-0.3, -0.25) is 0 Å². The molecular formula is C16H36N2O3S. The van der Waals surface area contributed by atoms with Gasteiger partial charge in [-0.1, -0.05) is 0 Å². The average molecular weight is 337 g/mol. The molecule has 1 aliphatic heterocycles. The minimum atomic E-state index is -3.99. The molecule has 22 heavy (non-hydrogen) atoms. The molecule has 0 atom stereocenters. The molecule has 0 amide bonds. The molecule has 1 rings (SSSR count). The SMILES string of the molecule is CC[N+](CC)(CC)CC.O=S(=O)([O-])CCCCN1CCCC1. The largest absolute Gasteiger partial charge is 0.748 e. The second kappa shape index (κ2) is 11.4. The third kappa shape index (κ3) is 9.77. The first kappa shape index (κ1) is 21.8. The minimum Gasteiger partial charge on any atom is -0.748 e. The van der Waals surface area contributed by atoms with Crippen LogP contribution in [0, 0.1) is 0 Å². The molecule has 0 aromatic carbocycles. The number of hydrogen-bond donors (Lipinski definition) is 0. The maximum absolute atomic E-state index is 10.3. The van der Waals surface area contributed by atoms with E-state index in [1.165, 1.54) is 43.5 Å². The standard InChI is InChI=1S/C8H17NO3S.C8H20N/c10-13(11,12)8-4-3-7-9-5-1-2-6-9;1-5-9(6-2,7-3)8-4/h1-8H2,(H,10,11,12);5-8H2,1-4H3/q;+1/p-1. The van der Waals surface area contributed by atoms with Crippen molar-refractivity contribution in [3.05, 3.63) is 0 Å². The summed E-state index contributed by atoms with van der Waals surface area (Å²) >= 11 is 0. The van der Waals surface area contributed by atoms with Crippen LogP contribution in [-0.2, 0) is 10.1 Å². The molecule has 0 aromatic rings. The summed E-state index contributed by atoms with van der Waals surface area (Å²) in [7, 11) is -3.99. The third-order valence-corrected chi connectivity index (χ3v) is 5.79. The maximum atomic E-state index is 10.3. The van der Waals surface area contributed by atoms with Gasteiger partial charge >= 0.3 is 0 Å². The molecule has 6 heteroatoms. The predicted molar refractivity (Wildman–Crippen MR) is 91.9 cm³/mol. The number of quaternary nitrogens is 1. The number of unbranched alkanes of at least 4 members (excludes halogenated alkanes) is 1. The lowest BCUT2D eigenvalue weighted by Gasteiger charge is -2.34. The zero-order chi connectivity index (χ0) is 17.1. The Morgan fingerprint density at radius 2 is 1.36 bits per heavy atom. The molecule has 0 spiro atoms. The Morgan fingerprint density at radius 3 is 1.68 bits per heavy atom. The van der Waals surface area contributed by atoms with Crippen LogP contribution >= 0.6 is 0 Å². The van der Waals surface area contributed by atoms with E-state index < -0.39 is 10.1 Å². The van der Waals surface area contributed by atoms with E-state index in [1.54, 1.807) is 0 Å². The van der Waals surface area contributed by atoms with Gasteiger partial charge in [0.25, 0.3) is 0 Å². The van der Waals surface area contributed by atoms with E-state index in [-0.39, 0.29) is 5.75 Å². The Bertz CT molecular complexity index is 344. The van der Waals surface area contributed by atoms with Gasteiger partial charge in [-0.15, -0.1) is 0 Å². The number of likely N-dealkylation sites (tertiary alicyclic amines) is 1. The van der Waals surface area contributed by atoms with Crippen molar-refractivity contribution in [1.82, 2.24) is 4.90 Å². The molecule has 1 aliphatic rings. The fourth-order valence-corrected chi connectivity index (χ4v) is 3.52. The van der Waals surface area contributed by atoms with Crippen molar-refractivity contribution in [2.45, 2.75) is 53.4 Å². The molecule has 0 aliphatic carbocycles. The Kier molecular flexibility index (Phi) is 11.3. The van der Waals surface area contributed by atoms with Crippen LogP contribution in [0.5, 0.6) is 0 Å². The molecule has 1 heterocycles. The highest BCUT2D eigenvalue weighted by Crippen LogP contribution is 2.08. The van der Waals surface area contributed by atoms with Crippen molar-refractivity contribution < 1.29 is 17.5 Å². The van der Waals surface area contributed by atoms with Gasteiger partial charge in [0.15, 0.2) is 0 Å². The number of rotatable bonds is 9. The molecule has 0 aromatic heterocycles. The van der Waals surface area contributed by atoms with Crippen molar-refractivity contribution in [3.8, 4) is 0 Å². The summed E-state index contributed by atoms with van der Waals surface area (Å²) in [4.78, 5) is 2.32. The number of nitrogens with zero attached hydrogens (tertiary/aromatic N) is 2. The van der Waals surface area contributed by atoms with E-state index in [2.05, 4.69) is 32.6 Å². The number of hydrogen-bond acceptors (Lipinski definition) is 4. The topological polar surface area (TPSA) is 60.4 Å². The van der Waals surface area contributed by atoms with E-state index in [4.69, 9.17) is 0 Å². The summed E-state index contributed by atoms with van der Waals surface area (Å²) in [6, 6.07) is 0. The molecule has 5 nitrogen and oxygen atoms in total. The van der Waals surface area contributed by atoms with Gasteiger partial charge in [0.2, 0.25) is 0 Å². The van der Waals surface area contributed by atoms with Gasteiger partial charge in [0.05, 0.1) is 36.3 Å². The van der Waals surface area contributed by atoms with Crippen molar-refractivity contribution in [3.63, 3.8) is 0 Å². The lowest BCUT2D eigenvalue weighted by molar-refractivity contribution is -0.921. The highest BCUT2D eigenvalue weighted by atomic mass is 32.2. The second-order valence-corrected chi connectivity index (χ2v) is 7.65. The monoisotopic (exact) mass is 336 g/mol. The van der Waals surface area contributed by atoms with Crippen LogP contribution in [-0.4, -0.2) is 73.9 Å². The second-order valence-electron chi connectivity index (χ2n) is 6.12. The van der Waals surface area contributed by atoms with Crippen LogP contribution in [0.25, 0.3) is 0 Å². The highest BCUT2D eigenvalue weighted by molar-refractivity contribution is 7.85. The molecule has 134 valence electrons. The molecule has 0 N–H and O–H groups in total. The first-order chi connectivity index (χ1) is 10.3. The van der Waals surface area contributed by atoms with Crippen molar-refractivity contribution in [1.29, 1.82) is 0 Å². The van der Waals surface area contributed by atoms with Crippen LogP contribution < -0.4 is 0 Å². The van der Waals surface area contributed by atoms with Crippen molar-refractivity contribution >= 4 is 10.1 Å². The summed E-state index contributed by atoms with van der Waals surface area (Å²) in [5.41, 5.74) is 0. The van der Waals surface area contributed by atoms with Crippen LogP contribution in [0.2, 0.25) is 0 Å². The van der Waals surface area contributed by atoms with Gasteiger partial charge in [0.1, 0.15) is 0 Å². The Balaban J connectivity index is 0.000000433. The van der Waals surface area contributed by atoms with E-state index in [0.29, 0.717) is 6.42 Å². The zero-order valence-corrected chi connectivity index (χ0v) is 15.8. The van der Waals surface area contributed by atoms with Gasteiger partial charge in [0, 0.05) is 5.75 Å². The Hall–Kier alpha value is -0.170.